The van der Waals surface area contributed by atoms with Crippen LogP contribution in [0.25, 0.3) is 0 Å². The SMILES string of the molecule is CC1(C)c2cc(Cl)ccc2CCC1O. The molecular formula is C12H15ClO. The summed E-state index contributed by atoms with van der Waals surface area (Å²) in [6, 6.07) is 5.98. The highest BCUT2D eigenvalue weighted by Crippen LogP contribution is 2.38. The Labute approximate surface area is 89.7 Å². The van der Waals surface area contributed by atoms with Gasteiger partial charge in [0, 0.05) is 10.4 Å². The highest BCUT2D eigenvalue weighted by Gasteiger charge is 2.35. The van der Waals surface area contributed by atoms with Crippen molar-refractivity contribution in [2.45, 2.75) is 38.2 Å². The molecule has 14 heavy (non-hydrogen) atoms. The van der Waals surface area contributed by atoms with Crippen molar-refractivity contribution in [3.05, 3.63) is 34.3 Å². The molecule has 76 valence electrons. The van der Waals surface area contributed by atoms with Crippen LogP contribution in [0.2, 0.25) is 5.02 Å². The predicted molar refractivity (Wildman–Crippen MR) is 58.8 cm³/mol. The molecule has 2 rings (SSSR count). The van der Waals surface area contributed by atoms with Gasteiger partial charge in [-0.05, 0) is 36.1 Å². The average Bonchev–Trinajstić information content (AvgIpc) is 2.13. The van der Waals surface area contributed by atoms with Gasteiger partial charge < -0.3 is 5.11 Å². The van der Waals surface area contributed by atoms with Crippen molar-refractivity contribution in [2.24, 2.45) is 0 Å². The van der Waals surface area contributed by atoms with Crippen molar-refractivity contribution in [3.8, 4) is 0 Å². The Morgan fingerprint density at radius 1 is 1.43 bits per heavy atom. The maximum Gasteiger partial charge on any atom is 0.0634 e. The summed E-state index contributed by atoms with van der Waals surface area (Å²) in [5, 5.41) is 10.7. The second-order valence-corrected chi connectivity index (χ2v) is 5.01. The third-order valence-electron chi connectivity index (χ3n) is 3.29. The summed E-state index contributed by atoms with van der Waals surface area (Å²) in [6.45, 7) is 4.15. The summed E-state index contributed by atoms with van der Waals surface area (Å²) >= 11 is 5.97. The number of benzene rings is 1. The van der Waals surface area contributed by atoms with Crippen LogP contribution in [-0.2, 0) is 11.8 Å². The molecule has 0 radical (unpaired) electrons. The fourth-order valence-corrected chi connectivity index (χ4v) is 2.37. The van der Waals surface area contributed by atoms with Crippen LogP contribution in [0.15, 0.2) is 18.2 Å². The minimum atomic E-state index is -0.256. The Balaban J connectivity index is 2.55. The van der Waals surface area contributed by atoms with Crippen LogP contribution in [0.1, 0.15) is 31.4 Å². The lowest BCUT2D eigenvalue weighted by atomic mass is 9.71. The molecule has 1 atom stereocenters. The Kier molecular flexibility index (Phi) is 2.32. The highest BCUT2D eigenvalue weighted by atomic mass is 35.5. The Morgan fingerprint density at radius 3 is 2.86 bits per heavy atom. The Morgan fingerprint density at radius 2 is 2.14 bits per heavy atom. The number of aryl methyl sites for hydroxylation is 1. The standard InChI is InChI=1S/C12H15ClO/c1-12(2)10-7-9(13)5-3-8(10)4-6-11(12)14/h3,5,7,11,14H,4,6H2,1-2H3. The van der Waals surface area contributed by atoms with Crippen molar-refractivity contribution in [3.63, 3.8) is 0 Å². The van der Waals surface area contributed by atoms with Gasteiger partial charge in [0.2, 0.25) is 0 Å². The van der Waals surface area contributed by atoms with E-state index in [1.165, 1.54) is 11.1 Å². The first-order valence-corrected chi connectivity index (χ1v) is 5.36. The first-order valence-electron chi connectivity index (χ1n) is 4.99. The molecule has 0 spiro atoms. The molecule has 1 aliphatic carbocycles. The van der Waals surface area contributed by atoms with Gasteiger partial charge in [-0.1, -0.05) is 31.5 Å². The lowest BCUT2D eigenvalue weighted by Crippen LogP contribution is -2.38. The van der Waals surface area contributed by atoms with E-state index in [1.807, 2.05) is 12.1 Å². The average molecular weight is 211 g/mol. The van der Waals surface area contributed by atoms with Crippen LogP contribution in [0.4, 0.5) is 0 Å². The quantitative estimate of drug-likeness (QED) is 0.698. The molecule has 1 aromatic rings. The van der Waals surface area contributed by atoms with E-state index in [2.05, 4.69) is 19.9 Å². The monoisotopic (exact) mass is 210 g/mol. The minimum Gasteiger partial charge on any atom is -0.392 e. The van der Waals surface area contributed by atoms with E-state index < -0.39 is 0 Å². The summed E-state index contributed by atoms with van der Waals surface area (Å²) in [4.78, 5) is 0. The predicted octanol–water partition coefficient (Wildman–Crippen LogP) is 2.92. The zero-order chi connectivity index (χ0) is 10.3. The van der Waals surface area contributed by atoms with Gasteiger partial charge in [-0.2, -0.15) is 0 Å². The summed E-state index contributed by atoms with van der Waals surface area (Å²) in [5.74, 6) is 0. The molecule has 0 heterocycles. The smallest absolute Gasteiger partial charge is 0.0634 e. The molecule has 0 saturated carbocycles. The fraction of sp³-hybridized carbons (Fsp3) is 0.500. The van der Waals surface area contributed by atoms with E-state index in [0.717, 1.165) is 17.9 Å². The molecule has 0 saturated heterocycles. The van der Waals surface area contributed by atoms with E-state index in [9.17, 15) is 5.11 Å². The molecule has 0 aromatic heterocycles. The molecule has 1 aliphatic rings. The fourth-order valence-electron chi connectivity index (χ4n) is 2.20. The number of aliphatic hydroxyl groups excluding tert-OH is 1. The van der Waals surface area contributed by atoms with Crippen molar-refractivity contribution in [1.29, 1.82) is 0 Å². The van der Waals surface area contributed by atoms with Crippen LogP contribution in [0.3, 0.4) is 0 Å². The van der Waals surface area contributed by atoms with E-state index in [0.29, 0.717) is 0 Å². The van der Waals surface area contributed by atoms with Gasteiger partial charge in [-0.3, -0.25) is 0 Å². The number of rotatable bonds is 0. The number of fused-ring (bicyclic) bond motifs is 1. The molecule has 1 N–H and O–H groups in total. The van der Waals surface area contributed by atoms with Crippen LogP contribution >= 0.6 is 11.6 Å². The van der Waals surface area contributed by atoms with Gasteiger partial charge in [0.05, 0.1) is 6.10 Å². The topological polar surface area (TPSA) is 20.2 Å². The van der Waals surface area contributed by atoms with E-state index in [4.69, 9.17) is 11.6 Å². The normalized spacial score (nSPS) is 24.4. The van der Waals surface area contributed by atoms with Gasteiger partial charge in [0.25, 0.3) is 0 Å². The number of hydrogen-bond donors (Lipinski definition) is 1. The maximum absolute atomic E-state index is 9.93. The highest BCUT2D eigenvalue weighted by molar-refractivity contribution is 6.30. The first kappa shape index (κ1) is 10.0. The van der Waals surface area contributed by atoms with Gasteiger partial charge in [-0.15, -0.1) is 0 Å². The molecule has 1 unspecified atom stereocenters. The Bertz CT molecular complexity index is 357. The third kappa shape index (κ3) is 1.45. The van der Waals surface area contributed by atoms with Crippen LogP contribution in [0.5, 0.6) is 0 Å². The molecule has 1 nitrogen and oxygen atoms in total. The second kappa shape index (κ2) is 3.25. The van der Waals surface area contributed by atoms with Crippen molar-refractivity contribution in [1.82, 2.24) is 0 Å². The molecule has 0 fully saturated rings. The zero-order valence-corrected chi connectivity index (χ0v) is 9.30. The number of aliphatic hydroxyl groups is 1. The summed E-state index contributed by atoms with van der Waals surface area (Å²) in [6.07, 6.45) is 1.55. The second-order valence-electron chi connectivity index (χ2n) is 4.58. The molecule has 0 amide bonds. The number of hydrogen-bond acceptors (Lipinski definition) is 1. The van der Waals surface area contributed by atoms with E-state index >= 15 is 0 Å². The minimum absolute atomic E-state index is 0.168. The van der Waals surface area contributed by atoms with Crippen LogP contribution in [0, 0.1) is 0 Å². The van der Waals surface area contributed by atoms with Crippen LogP contribution in [-0.4, -0.2) is 11.2 Å². The van der Waals surface area contributed by atoms with E-state index in [-0.39, 0.29) is 11.5 Å². The summed E-state index contributed by atoms with van der Waals surface area (Å²) in [7, 11) is 0. The maximum atomic E-state index is 9.93. The Hall–Kier alpha value is -0.530. The third-order valence-corrected chi connectivity index (χ3v) is 3.52. The van der Waals surface area contributed by atoms with Crippen molar-refractivity contribution >= 4 is 11.6 Å². The lowest BCUT2D eigenvalue weighted by Gasteiger charge is -2.37. The van der Waals surface area contributed by atoms with Gasteiger partial charge in [-0.25, -0.2) is 0 Å². The molecular weight excluding hydrogens is 196 g/mol. The summed E-state index contributed by atoms with van der Waals surface area (Å²) in [5.41, 5.74) is 2.35. The zero-order valence-electron chi connectivity index (χ0n) is 8.55. The summed E-state index contributed by atoms with van der Waals surface area (Å²) < 4.78 is 0. The van der Waals surface area contributed by atoms with Gasteiger partial charge in [0.1, 0.15) is 0 Å². The molecule has 0 bridgehead atoms. The number of halogens is 1. The van der Waals surface area contributed by atoms with Gasteiger partial charge in [0.15, 0.2) is 0 Å². The first-order chi connectivity index (χ1) is 6.51. The molecule has 0 aliphatic heterocycles. The molecule has 1 aromatic carbocycles. The van der Waals surface area contributed by atoms with E-state index in [1.54, 1.807) is 0 Å². The van der Waals surface area contributed by atoms with Crippen molar-refractivity contribution in [2.75, 3.05) is 0 Å². The van der Waals surface area contributed by atoms with Gasteiger partial charge >= 0.3 is 0 Å². The van der Waals surface area contributed by atoms with Crippen molar-refractivity contribution < 1.29 is 5.11 Å². The largest absolute Gasteiger partial charge is 0.392 e. The molecule has 2 heteroatoms. The van der Waals surface area contributed by atoms with Crippen LogP contribution < -0.4 is 0 Å². The lowest BCUT2D eigenvalue weighted by molar-refractivity contribution is 0.0831.